The first-order valence-electron chi connectivity index (χ1n) is 6.52. The zero-order valence-electron chi connectivity index (χ0n) is 11.7. The molecule has 2 atom stereocenters. The van der Waals surface area contributed by atoms with Gasteiger partial charge in [-0.2, -0.15) is 0 Å². The highest BCUT2D eigenvalue weighted by atomic mass is 16.5. The number of carbonyl (C=O) groups excluding carboxylic acids is 1. The van der Waals surface area contributed by atoms with Gasteiger partial charge >= 0.3 is 0 Å². The Kier molecular flexibility index (Phi) is 3.42. The molecule has 2 unspecified atom stereocenters. The third-order valence-corrected chi connectivity index (χ3v) is 3.45. The minimum Gasteiger partial charge on any atom is -0.379 e. The lowest BCUT2D eigenvalue weighted by Crippen LogP contribution is -2.60. The fraction of sp³-hybridized carbons (Fsp3) is 0.923. The predicted molar refractivity (Wildman–Crippen MR) is 68.1 cm³/mol. The molecular weight excluding hydrogens is 232 g/mol. The number of rotatable bonds is 1. The predicted octanol–water partition coefficient (Wildman–Crippen LogP) is 0.376. The molecule has 1 amide bonds. The van der Waals surface area contributed by atoms with Crippen molar-refractivity contribution in [2.45, 2.75) is 44.9 Å². The molecule has 0 aromatic carbocycles. The summed E-state index contributed by atoms with van der Waals surface area (Å²) in [6, 6.07) is -0.174. The fourth-order valence-electron chi connectivity index (χ4n) is 3.00. The van der Waals surface area contributed by atoms with Crippen LogP contribution in [0.15, 0.2) is 0 Å². The SMILES string of the molecule is CC1(C)CN(C(=O)C2COCC2N)CC(C)(C)O1. The van der Waals surface area contributed by atoms with Gasteiger partial charge < -0.3 is 20.1 Å². The molecule has 5 heteroatoms. The van der Waals surface area contributed by atoms with E-state index in [1.807, 2.05) is 32.6 Å². The summed E-state index contributed by atoms with van der Waals surface area (Å²) >= 11 is 0. The van der Waals surface area contributed by atoms with Gasteiger partial charge in [0.25, 0.3) is 0 Å². The number of morpholine rings is 1. The van der Waals surface area contributed by atoms with E-state index in [1.54, 1.807) is 0 Å². The van der Waals surface area contributed by atoms with Crippen molar-refractivity contribution in [2.75, 3.05) is 26.3 Å². The Hall–Kier alpha value is -0.650. The van der Waals surface area contributed by atoms with Crippen LogP contribution in [0.2, 0.25) is 0 Å². The number of ether oxygens (including phenoxy) is 2. The van der Waals surface area contributed by atoms with E-state index in [2.05, 4.69) is 0 Å². The molecule has 5 nitrogen and oxygen atoms in total. The molecule has 0 saturated carbocycles. The van der Waals surface area contributed by atoms with Crippen LogP contribution in [-0.4, -0.2) is 54.4 Å². The largest absolute Gasteiger partial charge is 0.379 e. The second kappa shape index (κ2) is 4.47. The maximum absolute atomic E-state index is 12.5. The third kappa shape index (κ3) is 2.84. The van der Waals surface area contributed by atoms with Gasteiger partial charge in [-0.1, -0.05) is 0 Å². The summed E-state index contributed by atoms with van der Waals surface area (Å²) in [5.41, 5.74) is 5.28. The van der Waals surface area contributed by atoms with Gasteiger partial charge in [-0.15, -0.1) is 0 Å². The van der Waals surface area contributed by atoms with E-state index in [0.717, 1.165) is 0 Å². The van der Waals surface area contributed by atoms with Crippen molar-refractivity contribution in [2.24, 2.45) is 11.7 Å². The molecular formula is C13H24N2O3. The van der Waals surface area contributed by atoms with Gasteiger partial charge in [0.15, 0.2) is 0 Å². The van der Waals surface area contributed by atoms with Crippen LogP contribution < -0.4 is 5.73 Å². The first-order chi connectivity index (χ1) is 8.20. The normalized spacial score (nSPS) is 34.6. The number of nitrogens with two attached hydrogens (primary N) is 1. The highest BCUT2D eigenvalue weighted by Crippen LogP contribution is 2.29. The summed E-state index contributed by atoms with van der Waals surface area (Å²) in [4.78, 5) is 14.4. The van der Waals surface area contributed by atoms with Gasteiger partial charge in [0.2, 0.25) is 5.91 Å². The van der Waals surface area contributed by atoms with Gasteiger partial charge in [0, 0.05) is 19.1 Å². The maximum atomic E-state index is 12.5. The highest BCUT2D eigenvalue weighted by Gasteiger charge is 2.43. The lowest BCUT2D eigenvalue weighted by Gasteiger charge is -2.47. The minimum atomic E-state index is -0.318. The average Bonchev–Trinajstić information content (AvgIpc) is 2.58. The molecule has 2 heterocycles. The quantitative estimate of drug-likeness (QED) is 0.736. The summed E-state index contributed by atoms with van der Waals surface area (Å²) in [5, 5.41) is 0. The smallest absolute Gasteiger partial charge is 0.229 e. The van der Waals surface area contributed by atoms with E-state index in [1.165, 1.54) is 0 Å². The molecule has 0 bridgehead atoms. The summed E-state index contributed by atoms with van der Waals surface area (Å²) in [5.74, 6) is -0.0980. The van der Waals surface area contributed by atoms with Crippen LogP contribution in [0.3, 0.4) is 0 Å². The number of hydrogen-bond acceptors (Lipinski definition) is 4. The van der Waals surface area contributed by atoms with Gasteiger partial charge in [0.05, 0.1) is 30.3 Å². The zero-order chi connectivity index (χ0) is 13.6. The van der Waals surface area contributed by atoms with Crippen molar-refractivity contribution in [1.29, 1.82) is 0 Å². The Morgan fingerprint density at radius 1 is 1.17 bits per heavy atom. The Balaban J connectivity index is 2.10. The molecule has 2 saturated heterocycles. The van der Waals surface area contributed by atoms with E-state index in [9.17, 15) is 4.79 Å². The van der Waals surface area contributed by atoms with E-state index in [-0.39, 0.29) is 29.1 Å². The van der Waals surface area contributed by atoms with E-state index < -0.39 is 0 Å². The third-order valence-electron chi connectivity index (χ3n) is 3.45. The molecule has 2 rings (SSSR count). The summed E-state index contributed by atoms with van der Waals surface area (Å²) < 4.78 is 11.3. The van der Waals surface area contributed by atoms with Crippen molar-refractivity contribution in [3.63, 3.8) is 0 Å². The van der Waals surface area contributed by atoms with Crippen LogP contribution in [0.5, 0.6) is 0 Å². The molecule has 2 aliphatic heterocycles. The van der Waals surface area contributed by atoms with Gasteiger partial charge in [-0.05, 0) is 27.7 Å². The highest BCUT2D eigenvalue weighted by molar-refractivity contribution is 5.80. The molecule has 0 aliphatic carbocycles. The molecule has 2 N–H and O–H groups in total. The van der Waals surface area contributed by atoms with Crippen molar-refractivity contribution >= 4 is 5.91 Å². The van der Waals surface area contributed by atoms with Crippen molar-refractivity contribution in [1.82, 2.24) is 4.90 Å². The van der Waals surface area contributed by atoms with Crippen LogP contribution in [-0.2, 0) is 14.3 Å². The Bertz CT molecular complexity index is 325. The number of hydrogen-bond donors (Lipinski definition) is 1. The Morgan fingerprint density at radius 3 is 2.17 bits per heavy atom. The van der Waals surface area contributed by atoms with E-state index in [0.29, 0.717) is 26.3 Å². The lowest BCUT2D eigenvalue weighted by atomic mass is 9.95. The second-order valence-corrected chi connectivity index (χ2v) is 6.62. The molecule has 0 aromatic heterocycles. The number of nitrogens with zero attached hydrogens (tertiary/aromatic N) is 1. The first kappa shape index (κ1) is 13.8. The first-order valence-corrected chi connectivity index (χ1v) is 6.52. The number of amides is 1. The molecule has 104 valence electrons. The van der Waals surface area contributed by atoms with E-state index >= 15 is 0 Å². The maximum Gasteiger partial charge on any atom is 0.229 e. The van der Waals surface area contributed by atoms with Crippen molar-refractivity contribution in [3.8, 4) is 0 Å². The lowest BCUT2D eigenvalue weighted by molar-refractivity contribution is -0.190. The molecule has 0 radical (unpaired) electrons. The molecule has 0 spiro atoms. The van der Waals surface area contributed by atoms with Crippen LogP contribution in [0.4, 0.5) is 0 Å². The van der Waals surface area contributed by atoms with E-state index in [4.69, 9.17) is 15.2 Å². The molecule has 0 aromatic rings. The van der Waals surface area contributed by atoms with Crippen LogP contribution in [0, 0.1) is 5.92 Å². The van der Waals surface area contributed by atoms with Gasteiger partial charge in [-0.3, -0.25) is 4.79 Å². The molecule has 2 aliphatic rings. The standard InChI is InChI=1S/C13H24N2O3/c1-12(2)7-15(8-13(3,4)18-12)11(16)9-5-17-6-10(9)14/h9-10H,5-8,14H2,1-4H3. The summed E-state index contributed by atoms with van der Waals surface area (Å²) in [7, 11) is 0. The minimum absolute atomic E-state index is 0.101. The Labute approximate surface area is 109 Å². The zero-order valence-corrected chi connectivity index (χ0v) is 11.7. The Morgan fingerprint density at radius 2 is 1.72 bits per heavy atom. The monoisotopic (exact) mass is 256 g/mol. The van der Waals surface area contributed by atoms with Crippen molar-refractivity contribution in [3.05, 3.63) is 0 Å². The molecule has 2 fully saturated rings. The average molecular weight is 256 g/mol. The van der Waals surface area contributed by atoms with Crippen LogP contribution in [0.25, 0.3) is 0 Å². The van der Waals surface area contributed by atoms with Crippen LogP contribution >= 0.6 is 0 Å². The second-order valence-electron chi connectivity index (χ2n) is 6.62. The fourth-order valence-corrected chi connectivity index (χ4v) is 3.00. The van der Waals surface area contributed by atoms with Crippen molar-refractivity contribution < 1.29 is 14.3 Å². The summed E-state index contributed by atoms with van der Waals surface area (Å²) in [6.07, 6.45) is 0. The molecule has 18 heavy (non-hydrogen) atoms. The number of carbonyl (C=O) groups is 1. The van der Waals surface area contributed by atoms with Gasteiger partial charge in [0.1, 0.15) is 0 Å². The topological polar surface area (TPSA) is 64.8 Å². The van der Waals surface area contributed by atoms with Gasteiger partial charge in [-0.25, -0.2) is 0 Å². The summed E-state index contributed by atoms with van der Waals surface area (Å²) in [6.45, 7) is 10.2. The van der Waals surface area contributed by atoms with Crippen LogP contribution in [0.1, 0.15) is 27.7 Å².